The maximum Gasteiger partial charge on any atom is 0.251 e. The molecule has 2 aromatic rings. The van der Waals surface area contributed by atoms with E-state index in [9.17, 15) is 9.59 Å². The Morgan fingerprint density at radius 3 is 2.88 bits per heavy atom. The zero-order valence-corrected chi connectivity index (χ0v) is 16.4. The van der Waals surface area contributed by atoms with Gasteiger partial charge in [0.15, 0.2) is 5.13 Å². The van der Waals surface area contributed by atoms with E-state index in [4.69, 9.17) is 4.74 Å². The average molecular weight is 439 g/mol. The normalized spacial score (nSPS) is 14.8. The first-order valence-corrected chi connectivity index (χ1v) is 9.85. The first-order valence-electron chi connectivity index (χ1n) is 8.18. The molecule has 1 aromatic heterocycles. The molecule has 0 saturated carbocycles. The van der Waals surface area contributed by atoms with Crippen molar-refractivity contribution in [2.24, 2.45) is 0 Å². The van der Waals surface area contributed by atoms with Crippen LogP contribution >= 0.6 is 27.3 Å². The second-order valence-corrected chi connectivity index (χ2v) is 7.55. The van der Waals surface area contributed by atoms with Crippen molar-refractivity contribution in [3.63, 3.8) is 0 Å². The lowest BCUT2D eigenvalue weighted by atomic mass is 10.2. The van der Waals surface area contributed by atoms with Crippen LogP contribution in [0.3, 0.4) is 0 Å². The van der Waals surface area contributed by atoms with Gasteiger partial charge in [0.2, 0.25) is 5.91 Å². The molecule has 0 bridgehead atoms. The summed E-state index contributed by atoms with van der Waals surface area (Å²) in [5.41, 5.74) is 1.42. The summed E-state index contributed by atoms with van der Waals surface area (Å²) in [6.45, 7) is 3.90. The predicted octanol–water partition coefficient (Wildman–Crippen LogP) is 2.11. The van der Waals surface area contributed by atoms with Crippen molar-refractivity contribution < 1.29 is 14.3 Å². The highest BCUT2D eigenvalue weighted by Gasteiger charge is 2.14. The number of anilines is 1. The third-order valence-electron chi connectivity index (χ3n) is 3.78. The number of nitrogens with zero attached hydrogens (tertiary/aromatic N) is 2. The largest absolute Gasteiger partial charge is 0.379 e. The van der Waals surface area contributed by atoms with Gasteiger partial charge >= 0.3 is 0 Å². The molecule has 1 aliphatic rings. The van der Waals surface area contributed by atoms with Gasteiger partial charge in [-0.15, -0.1) is 11.3 Å². The van der Waals surface area contributed by atoms with Crippen LogP contribution in [0.5, 0.6) is 0 Å². The third kappa shape index (κ3) is 5.60. The minimum atomic E-state index is -0.305. The van der Waals surface area contributed by atoms with E-state index < -0.39 is 0 Å². The van der Waals surface area contributed by atoms with E-state index in [1.54, 1.807) is 18.2 Å². The van der Waals surface area contributed by atoms with E-state index in [-0.39, 0.29) is 18.4 Å². The molecule has 0 spiro atoms. The summed E-state index contributed by atoms with van der Waals surface area (Å²) < 4.78 is 6.14. The Kier molecular flexibility index (Phi) is 6.73. The number of aromatic nitrogens is 1. The average Bonchev–Trinajstić information content (AvgIpc) is 3.07. The zero-order chi connectivity index (χ0) is 18.4. The smallest absolute Gasteiger partial charge is 0.251 e. The Bertz CT molecular complexity index is 777. The molecule has 0 radical (unpaired) electrons. The standard InChI is InChI=1S/C17H19BrN4O3S/c18-13-3-1-2-12(8-13)16(24)19-9-15(23)21-17-20-14(11-26-17)10-22-4-6-25-7-5-22/h1-3,8,11H,4-7,9-10H2,(H,19,24)(H,20,21,23). The number of hydrogen-bond acceptors (Lipinski definition) is 6. The number of benzene rings is 1. The van der Waals surface area contributed by atoms with Crippen LogP contribution in [-0.2, 0) is 16.1 Å². The molecule has 7 nitrogen and oxygen atoms in total. The van der Waals surface area contributed by atoms with Crippen molar-refractivity contribution in [2.75, 3.05) is 38.2 Å². The van der Waals surface area contributed by atoms with Crippen LogP contribution in [0.2, 0.25) is 0 Å². The van der Waals surface area contributed by atoms with Crippen molar-refractivity contribution in [2.45, 2.75) is 6.54 Å². The third-order valence-corrected chi connectivity index (χ3v) is 5.08. The topological polar surface area (TPSA) is 83.6 Å². The number of morpholine rings is 1. The SMILES string of the molecule is O=C(CNC(=O)c1cccc(Br)c1)Nc1nc(CN2CCOCC2)cs1. The van der Waals surface area contributed by atoms with Crippen molar-refractivity contribution in [1.29, 1.82) is 0 Å². The van der Waals surface area contributed by atoms with Crippen LogP contribution in [0.15, 0.2) is 34.1 Å². The summed E-state index contributed by atoms with van der Waals surface area (Å²) in [4.78, 5) is 30.8. The lowest BCUT2D eigenvalue weighted by Crippen LogP contribution is -2.35. The molecular formula is C17H19BrN4O3S. The first kappa shape index (κ1) is 19.0. The molecule has 0 atom stereocenters. The molecule has 26 heavy (non-hydrogen) atoms. The summed E-state index contributed by atoms with van der Waals surface area (Å²) in [5, 5.41) is 7.79. The monoisotopic (exact) mass is 438 g/mol. The van der Waals surface area contributed by atoms with Gasteiger partial charge in [-0.05, 0) is 18.2 Å². The number of hydrogen-bond donors (Lipinski definition) is 2. The molecule has 1 aromatic carbocycles. The van der Waals surface area contributed by atoms with Crippen LogP contribution in [0.1, 0.15) is 16.1 Å². The Morgan fingerprint density at radius 1 is 1.31 bits per heavy atom. The van der Waals surface area contributed by atoms with Gasteiger partial charge in [0.25, 0.3) is 5.91 Å². The number of thiazole rings is 1. The van der Waals surface area contributed by atoms with E-state index in [0.29, 0.717) is 10.7 Å². The summed E-state index contributed by atoms with van der Waals surface area (Å²) in [7, 11) is 0. The molecule has 1 aliphatic heterocycles. The molecular weight excluding hydrogens is 420 g/mol. The molecule has 2 heterocycles. The number of halogens is 1. The van der Waals surface area contributed by atoms with Gasteiger partial charge in [0, 0.05) is 35.1 Å². The zero-order valence-electron chi connectivity index (χ0n) is 14.0. The highest BCUT2D eigenvalue weighted by atomic mass is 79.9. The summed E-state index contributed by atoms with van der Waals surface area (Å²) >= 11 is 4.70. The number of ether oxygens (including phenoxy) is 1. The first-order chi connectivity index (χ1) is 12.6. The lowest BCUT2D eigenvalue weighted by Gasteiger charge is -2.25. The maximum absolute atomic E-state index is 12.0. The van der Waals surface area contributed by atoms with Crippen LogP contribution in [0.25, 0.3) is 0 Å². The van der Waals surface area contributed by atoms with E-state index in [0.717, 1.165) is 43.0 Å². The number of nitrogens with one attached hydrogen (secondary N) is 2. The second-order valence-electron chi connectivity index (χ2n) is 5.77. The summed E-state index contributed by atoms with van der Waals surface area (Å²) in [5.74, 6) is -0.603. The van der Waals surface area contributed by atoms with Crippen LogP contribution in [0, 0.1) is 0 Å². The number of carbonyl (C=O) groups is 2. The molecule has 2 amide bonds. The van der Waals surface area contributed by atoms with Gasteiger partial charge in [-0.1, -0.05) is 22.0 Å². The van der Waals surface area contributed by atoms with Gasteiger partial charge in [-0.3, -0.25) is 14.5 Å². The van der Waals surface area contributed by atoms with Crippen molar-refractivity contribution in [1.82, 2.24) is 15.2 Å². The van der Waals surface area contributed by atoms with E-state index in [2.05, 4.69) is 36.4 Å². The van der Waals surface area contributed by atoms with Gasteiger partial charge in [-0.2, -0.15) is 0 Å². The van der Waals surface area contributed by atoms with Crippen molar-refractivity contribution in [3.8, 4) is 0 Å². The Labute approximate surface area is 163 Å². The molecule has 0 unspecified atom stereocenters. The Morgan fingerprint density at radius 2 is 2.12 bits per heavy atom. The molecule has 1 saturated heterocycles. The number of amides is 2. The summed E-state index contributed by atoms with van der Waals surface area (Å²) in [6, 6.07) is 6.99. The van der Waals surface area contributed by atoms with Crippen LogP contribution in [0.4, 0.5) is 5.13 Å². The molecule has 1 fully saturated rings. The Hall–Kier alpha value is -1.81. The van der Waals surface area contributed by atoms with E-state index >= 15 is 0 Å². The fraction of sp³-hybridized carbons (Fsp3) is 0.353. The minimum Gasteiger partial charge on any atom is -0.379 e. The predicted molar refractivity (Wildman–Crippen MR) is 103 cm³/mol. The van der Waals surface area contributed by atoms with E-state index in [1.807, 2.05) is 11.4 Å². The quantitative estimate of drug-likeness (QED) is 0.721. The van der Waals surface area contributed by atoms with E-state index in [1.165, 1.54) is 11.3 Å². The fourth-order valence-electron chi connectivity index (χ4n) is 2.48. The van der Waals surface area contributed by atoms with Gasteiger partial charge in [-0.25, -0.2) is 4.98 Å². The summed E-state index contributed by atoms with van der Waals surface area (Å²) in [6.07, 6.45) is 0. The lowest BCUT2D eigenvalue weighted by molar-refractivity contribution is -0.115. The molecule has 3 rings (SSSR count). The number of carbonyl (C=O) groups excluding carboxylic acids is 2. The highest BCUT2D eigenvalue weighted by molar-refractivity contribution is 9.10. The van der Waals surface area contributed by atoms with Gasteiger partial charge in [0.1, 0.15) is 0 Å². The maximum atomic E-state index is 12.0. The van der Waals surface area contributed by atoms with Crippen LogP contribution < -0.4 is 10.6 Å². The van der Waals surface area contributed by atoms with Gasteiger partial charge in [0.05, 0.1) is 25.5 Å². The van der Waals surface area contributed by atoms with Gasteiger partial charge < -0.3 is 15.4 Å². The number of rotatable bonds is 6. The molecule has 9 heteroatoms. The fourth-order valence-corrected chi connectivity index (χ4v) is 3.60. The highest BCUT2D eigenvalue weighted by Crippen LogP contribution is 2.17. The molecule has 2 N–H and O–H groups in total. The Balaban J connectivity index is 1.45. The molecule has 138 valence electrons. The molecule has 0 aliphatic carbocycles. The van der Waals surface area contributed by atoms with Crippen LogP contribution in [-0.4, -0.2) is 54.5 Å². The second kappa shape index (κ2) is 9.22. The van der Waals surface area contributed by atoms with Crippen molar-refractivity contribution in [3.05, 3.63) is 45.4 Å². The minimum absolute atomic E-state index is 0.107. The van der Waals surface area contributed by atoms with Crippen molar-refractivity contribution >= 4 is 44.2 Å².